The first-order chi connectivity index (χ1) is 14.1. The van der Waals surface area contributed by atoms with Crippen LogP contribution in [0.2, 0.25) is 0 Å². The second kappa shape index (κ2) is 6.66. The van der Waals surface area contributed by atoms with Crippen molar-refractivity contribution in [3.05, 3.63) is 76.7 Å². The first-order valence-corrected chi connectivity index (χ1v) is 9.36. The van der Waals surface area contributed by atoms with E-state index >= 15 is 0 Å². The second-order valence-electron chi connectivity index (χ2n) is 7.21. The second-order valence-corrected chi connectivity index (χ2v) is 7.21. The fraction of sp³-hybridized carbons (Fsp3) is 0.190. The van der Waals surface area contributed by atoms with Crippen LogP contribution in [0.1, 0.15) is 30.7 Å². The lowest BCUT2D eigenvalue weighted by atomic mass is 9.64. The maximum Gasteiger partial charge on any atom is 0.259 e. The molecule has 0 radical (unpaired) electrons. The number of rotatable bonds is 4. The summed E-state index contributed by atoms with van der Waals surface area (Å²) < 4.78 is 5.49. The van der Waals surface area contributed by atoms with E-state index in [0.29, 0.717) is 17.3 Å². The van der Waals surface area contributed by atoms with Gasteiger partial charge in [0.1, 0.15) is 0 Å². The number of nitrogens with zero attached hydrogens (tertiary/aromatic N) is 4. The average molecular weight is 386 g/mol. The molecule has 5 rings (SSSR count). The number of anilines is 1. The molecule has 0 unspecified atom stereocenters. The molecular formula is C21H18N6O2. The Balaban J connectivity index is 1.47. The SMILES string of the molecule is Nc1ncc(-c2ccc(C3(c4noc(-c5ccc(=O)[nH]c5)n4)CCC3)cc2)cn1. The van der Waals surface area contributed by atoms with Gasteiger partial charge in [0.15, 0.2) is 5.82 Å². The lowest BCUT2D eigenvalue weighted by Gasteiger charge is -2.39. The molecule has 0 amide bonds. The van der Waals surface area contributed by atoms with Gasteiger partial charge in [0.25, 0.3) is 5.89 Å². The number of hydrogen-bond donors (Lipinski definition) is 2. The van der Waals surface area contributed by atoms with Crippen molar-refractivity contribution in [1.29, 1.82) is 0 Å². The van der Waals surface area contributed by atoms with Crippen LogP contribution in [-0.4, -0.2) is 25.1 Å². The Kier molecular flexibility index (Phi) is 3.97. The van der Waals surface area contributed by atoms with E-state index in [-0.39, 0.29) is 16.9 Å². The summed E-state index contributed by atoms with van der Waals surface area (Å²) in [5.41, 5.74) is 8.92. The third kappa shape index (κ3) is 2.98. The number of nitrogens with two attached hydrogens (primary N) is 1. The van der Waals surface area contributed by atoms with Gasteiger partial charge in [-0.05, 0) is 30.0 Å². The summed E-state index contributed by atoms with van der Waals surface area (Å²) in [6, 6.07) is 11.4. The number of H-pyrrole nitrogens is 1. The molecule has 8 nitrogen and oxygen atoms in total. The fourth-order valence-corrected chi connectivity index (χ4v) is 3.72. The molecule has 1 fully saturated rings. The molecule has 29 heavy (non-hydrogen) atoms. The predicted molar refractivity (Wildman–Crippen MR) is 107 cm³/mol. The van der Waals surface area contributed by atoms with Crippen LogP contribution in [0, 0.1) is 0 Å². The van der Waals surface area contributed by atoms with Gasteiger partial charge in [-0.2, -0.15) is 4.98 Å². The highest BCUT2D eigenvalue weighted by Crippen LogP contribution is 2.48. The van der Waals surface area contributed by atoms with E-state index in [2.05, 4.69) is 37.2 Å². The number of hydrogen-bond acceptors (Lipinski definition) is 7. The minimum atomic E-state index is -0.250. The van der Waals surface area contributed by atoms with E-state index in [1.54, 1.807) is 24.7 Å². The Hall–Kier alpha value is -3.81. The number of aromatic amines is 1. The normalized spacial score (nSPS) is 15.0. The number of nitrogens with one attached hydrogen (secondary N) is 1. The Morgan fingerprint density at radius 2 is 1.69 bits per heavy atom. The third-order valence-electron chi connectivity index (χ3n) is 5.53. The molecule has 0 spiro atoms. The lowest BCUT2D eigenvalue weighted by molar-refractivity contribution is 0.273. The molecule has 0 saturated heterocycles. The zero-order valence-corrected chi connectivity index (χ0v) is 15.5. The van der Waals surface area contributed by atoms with Crippen molar-refractivity contribution in [2.45, 2.75) is 24.7 Å². The van der Waals surface area contributed by atoms with Gasteiger partial charge in [0.05, 0.1) is 11.0 Å². The molecule has 3 heterocycles. The number of aromatic nitrogens is 5. The molecule has 0 atom stereocenters. The van der Waals surface area contributed by atoms with Gasteiger partial charge in [-0.3, -0.25) is 4.79 Å². The van der Waals surface area contributed by atoms with Crippen LogP contribution in [0.5, 0.6) is 0 Å². The first-order valence-electron chi connectivity index (χ1n) is 9.36. The van der Waals surface area contributed by atoms with Gasteiger partial charge in [0.2, 0.25) is 11.5 Å². The topological polar surface area (TPSA) is 124 Å². The summed E-state index contributed by atoms with van der Waals surface area (Å²) in [6.07, 6.45) is 8.04. The predicted octanol–water partition coefficient (Wildman–Crippen LogP) is 2.93. The van der Waals surface area contributed by atoms with E-state index in [0.717, 1.165) is 36.0 Å². The van der Waals surface area contributed by atoms with E-state index in [4.69, 9.17) is 10.3 Å². The van der Waals surface area contributed by atoms with Gasteiger partial charge in [-0.1, -0.05) is 35.8 Å². The van der Waals surface area contributed by atoms with Crippen molar-refractivity contribution >= 4 is 5.95 Å². The Bertz CT molecular complexity index is 1190. The minimum Gasteiger partial charge on any atom is -0.368 e. The molecule has 1 saturated carbocycles. The van der Waals surface area contributed by atoms with Crippen LogP contribution in [0.25, 0.3) is 22.6 Å². The smallest absolute Gasteiger partial charge is 0.259 e. The highest BCUT2D eigenvalue weighted by molar-refractivity contribution is 5.63. The molecule has 4 aromatic rings. The quantitative estimate of drug-likeness (QED) is 0.552. The summed E-state index contributed by atoms with van der Waals surface area (Å²) in [5.74, 6) is 1.33. The standard InChI is InChI=1S/C21H18N6O2/c22-20-24-11-15(12-25-20)13-2-5-16(6-3-13)21(8-1-9-21)19-26-18(29-27-19)14-4-7-17(28)23-10-14/h2-7,10-12H,1,8-9H2,(H,23,28)(H2,22,24,25). The van der Waals surface area contributed by atoms with Gasteiger partial charge in [0, 0.05) is 30.2 Å². The summed E-state index contributed by atoms with van der Waals surface area (Å²) in [4.78, 5) is 26.6. The molecule has 1 aliphatic rings. The van der Waals surface area contributed by atoms with Gasteiger partial charge in [-0.25, -0.2) is 9.97 Å². The summed E-state index contributed by atoms with van der Waals surface area (Å²) in [7, 11) is 0. The molecule has 1 aliphatic carbocycles. The van der Waals surface area contributed by atoms with E-state index in [9.17, 15) is 4.79 Å². The minimum absolute atomic E-state index is 0.171. The average Bonchev–Trinajstić information content (AvgIpc) is 3.19. The lowest BCUT2D eigenvalue weighted by Crippen LogP contribution is -2.36. The zero-order valence-electron chi connectivity index (χ0n) is 15.5. The van der Waals surface area contributed by atoms with Crippen molar-refractivity contribution in [3.63, 3.8) is 0 Å². The van der Waals surface area contributed by atoms with E-state index in [1.165, 1.54) is 6.07 Å². The summed E-state index contributed by atoms with van der Waals surface area (Å²) in [6.45, 7) is 0. The van der Waals surface area contributed by atoms with Crippen LogP contribution >= 0.6 is 0 Å². The van der Waals surface area contributed by atoms with Crippen LogP contribution in [0.15, 0.2) is 64.3 Å². The van der Waals surface area contributed by atoms with Crippen molar-refractivity contribution in [3.8, 4) is 22.6 Å². The number of pyridine rings is 1. The van der Waals surface area contributed by atoms with Gasteiger partial charge in [-0.15, -0.1) is 0 Å². The number of benzene rings is 1. The van der Waals surface area contributed by atoms with Crippen molar-refractivity contribution in [1.82, 2.24) is 25.1 Å². The first kappa shape index (κ1) is 17.3. The maximum absolute atomic E-state index is 11.3. The fourth-order valence-electron chi connectivity index (χ4n) is 3.72. The van der Waals surface area contributed by atoms with E-state index in [1.807, 2.05) is 12.1 Å². The monoisotopic (exact) mass is 386 g/mol. The molecule has 3 aromatic heterocycles. The van der Waals surface area contributed by atoms with E-state index < -0.39 is 0 Å². The highest BCUT2D eigenvalue weighted by atomic mass is 16.5. The Labute approximate surface area is 165 Å². The summed E-state index contributed by atoms with van der Waals surface area (Å²) >= 11 is 0. The van der Waals surface area contributed by atoms with Gasteiger partial charge < -0.3 is 15.2 Å². The molecule has 3 N–H and O–H groups in total. The van der Waals surface area contributed by atoms with Crippen LogP contribution in [-0.2, 0) is 5.41 Å². The Morgan fingerprint density at radius 1 is 0.966 bits per heavy atom. The molecule has 0 aliphatic heterocycles. The molecular weight excluding hydrogens is 368 g/mol. The van der Waals surface area contributed by atoms with Crippen molar-refractivity contribution < 1.29 is 4.52 Å². The largest absolute Gasteiger partial charge is 0.368 e. The van der Waals surface area contributed by atoms with Crippen LogP contribution in [0.4, 0.5) is 5.95 Å². The molecule has 1 aromatic carbocycles. The third-order valence-corrected chi connectivity index (χ3v) is 5.53. The Morgan fingerprint density at radius 3 is 2.31 bits per heavy atom. The molecule has 0 bridgehead atoms. The highest BCUT2D eigenvalue weighted by Gasteiger charge is 2.44. The van der Waals surface area contributed by atoms with Crippen molar-refractivity contribution in [2.24, 2.45) is 0 Å². The zero-order chi connectivity index (χ0) is 19.8. The maximum atomic E-state index is 11.3. The molecule has 8 heteroatoms. The van der Waals surface area contributed by atoms with Crippen LogP contribution < -0.4 is 11.3 Å². The summed E-state index contributed by atoms with van der Waals surface area (Å²) in [5, 5.41) is 4.26. The number of nitrogen functional groups attached to an aromatic ring is 1. The molecule has 144 valence electrons. The van der Waals surface area contributed by atoms with Crippen LogP contribution in [0.3, 0.4) is 0 Å². The van der Waals surface area contributed by atoms with Gasteiger partial charge >= 0.3 is 0 Å². The van der Waals surface area contributed by atoms with Crippen molar-refractivity contribution in [2.75, 3.05) is 5.73 Å².